The smallest absolute Gasteiger partial charge is 0.227 e. The number of rotatable bonds is 3. The van der Waals surface area contributed by atoms with Crippen molar-refractivity contribution < 1.29 is 4.42 Å². The minimum atomic E-state index is 0.622. The van der Waals surface area contributed by atoms with Crippen molar-refractivity contribution in [1.82, 2.24) is 23.9 Å². The Morgan fingerprint density at radius 3 is 1.93 bits per heavy atom. The van der Waals surface area contributed by atoms with E-state index >= 15 is 0 Å². The first-order chi connectivity index (χ1) is 22.3. The summed E-state index contributed by atoms with van der Waals surface area (Å²) in [5, 5.41) is 3.38. The molecule has 4 heterocycles. The number of nitrogens with zero attached hydrogens (tertiary/aromatic N) is 5. The van der Waals surface area contributed by atoms with E-state index in [1.165, 1.54) is 10.8 Å². The van der Waals surface area contributed by atoms with Gasteiger partial charge in [0.25, 0.3) is 0 Å². The minimum absolute atomic E-state index is 0.622. The Labute approximate surface area is 256 Å². The average molecular weight is 578 g/mol. The Morgan fingerprint density at radius 1 is 0.444 bits per heavy atom. The number of imidazole rings is 1. The van der Waals surface area contributed by atoms with E-state index in [4.69, 9.17) is 14.4 Å². The van der Waals surface area contributed by atoms with Gasteiger partial charge in [-0.2, -0.15) is 0 Å². The van der Waals surface area contributed by atoms with E-state index in [0.29, 0.717) is 5.89 Å². The molecule has 6 heteroatoms. The quantitative estimate of drug-likeness (QED) is 0.210. The number of hydrogen-bond donors (Lipinski definition) is 0. The fourth-order valence-corrected chi connectivity index (χ4v) is 6.64. The standard InChI is InChI=1S/C39H23N5O/c1-3-11-30-29(10-1)37-40-31-12-4-7-15-34(31)44(37)39(42-30)43-33-14-6-2-9-27(33)28-22-21-26(23-35(28)43)24-17-19-25(20-18-24)38-41-32-13-5-8-16-36(32)45-38/h1-23H. The normalized spacial score (nSPS) is 12.0. The summed E-state index contributed by atoms with van der Waals surface area (Å²) in [5.74, 6) is 1.43. The van der Waals surface area contributed by atoms with Gasteiger partial charge in [-0.15, -0.1) is 0 Å². The molecule has 0 aliphatic carbocycles. The van der Waals surface area contributed by atoms with Gasteiger partial charge in [-0.3, -0.25) is 8.97 Å². The van der Waals surface area contributed by atoms with Crippen molar-refractivity contribution in [3.8, 4) is 28.5 Å². The summed E-state index contributed by atoms with van der Waals surface area (Å²) >= 11 is 0. The van der Waals surface area contributed by atoms with E-state index in [1.807, 2.05) is 42.5 Å². The number of hydrogen-bond acceptors (Lipinski definition) is 4. The summed E-state index contributed by atoms with van der Waals surface area (Å²) in [4.78, 5) is 15.1. The van der Waals surface area contributed by atoms with Crippen LogP contribution in [0.4, 0.5) is 0 Å². The summed E-state index contributed by atoms with van der Waals surface area (Å²) < 4.78 is 10.5. The number of benzene rings is 6. The predicted molar refractivity (Wildman–Crippen MR) is 181 cm³/mol. The molecule has 0 amide bonds. The van der Waals surface area contributed by atoms with Crippen LogP contribution in [0, 0.1) is 0 Å². The molecule has 0 N–H and O–H groups in total. The number of fused-ring (bicyclic) bond motifs is 9. The van der Waals surface area contributed by atoms with E-state index in [9.17, 15) is 0 Å². The Morgan fingerprint density at radius 2 is 1.09 bits per heavy atom. The first-order valence-electron chi connectivity index (χ1n) is 15.0. The molecule has 0 saturated heterocycles. The molecule has 0 fully saturated rings. The van der Waals surface area contributed by atoms with Crippen LogP contribution in [0.15, 0.2) is 144 Å². The highest BCUT2D eigenvalue weighted by atomic mass is 16.3. The Bertz CT molecular complexity index is 2730. The molecule has 4 aromatic heterocycles. The summed E-state index contributed by atoms with van der Waals surface area (Å²) in [5.41, 5.74) is 10.8. The molecule has 0 aliphatic heterocycles. The second-order valence-corrected chi connectivity index (χ2v) is 11.3. The molecule has 0 bridgehead atoms. The maximum atomic E-state index is 6.02. The SMILES string of the molecule is c1ccc2oc(-c3ccc(-c4ccc5c6ccccc6n(-c6nc7ccccc7c7nc8ccccc8n67)c5c4)cc3)nc2c1. The van der Waals surface area contributed by atoms with Gasteiger partial charge in [0.2, 0.25) is 11.8 Å². The molecule has 10 rings (SSSR count). The fraction of sp³-hybridized carbons (Fsp3) is 0. The molecule has 0 saturated carbocycles. The zero-order chi connectivity index (χ0) is 29.5. The Hall–Kier alpha value is -6.27. The lowest BCUT2D eigenvalue weighted by molar-refractivity contribution is 0.620. The van der Waals surface area contributed by atoms with Gasteiger partial charge in [0.1, 0.15) is 11.2 Å². The monoisotopic (exact) mass is 577 g/mol. The fourth-order valence-electron chi connectivity index (χ4n) is 6.64. The topological polar surface area (TPSA) is 61.2 Å². The number of aromatic nitrogens is 5. The van der Waals surface area contributed by atoms with Crippen molar-refractivity contribution in [3.63, 3.8) is 0 Å². The molecule has 0 spiro atoms. The third-order valence-corrected chi connectivity index (χ3v) is 8.76. The second-order valence-electron chi connectivity index (χ2n) is 11.3. The molecule has 0 aliphatic rings. The van der Waals surface area contributed by atoms with Crippen molar-refractivity contribution in [3.05, 3.63) is 140 Å². The average Bonchev–Trinajstić information content (AvgIpc) is 3.80. The van der Waals surface area contributed by atoms with Crippen LogP contribution in [0.25, 0.3) is 89.0 Å². The molecule has 10 aromatic rings. The maximum Gasteiger partial charge on any atom is 0.227 e. The van der Waals surface area contributed by atoms with Gasteiger partial charge in [-0.25, -0.2) is 15.0 Å². The van der Waals surface area contributed by atoms with Gasteiger partial charge < -0.3 is 4.42 Å². The third-order valence-electron chi connectivity index (χ3n) is 8.76. The molecule has 6 nitrogen and oxygen atoms in total. The molecule has 45 heavy (non-hydrogen) atoms. The molecular formula is C39H23N5O. The van der Waals surface area contributed by atoms with Crippen LogP contribution in [0.2, 0.25) is 0 Å². The molecular weight excluding hydrogens is 554 g/mol. The largest absolute Gasteiger partial charge is 0.436 e. The highest BCUT2D eigenvalue weighted by molar-refractivity contribution is 6.10. The van der Waals surface area contributed by atoms with Crippen LogP contribution < -0.4 is 0 Å². The van der Waals surface area contributed by atoms with E-state index in [2.05, 4.69) is 111 Å². The summed E-state index contributed by atoms with van der Waals surface area (Å²) in [7, 11) is 0. The lowest BCUT2D eigenvalue weighted by Crippen LogP contribution is -2.06. The van der Waals surface area contributed by atoms with Crippen LogP contribution >= 0.6 is 0 Å². The van der Waals surface area contributed by atoms with Crippen LogP contribution in [0.3, 0.4) is 0 Å². The molecule has 0 atom stereocenters. The predicted octanol–water partition coefficient (Wildman–Crippen LogP) is 9.61. The van der Waals surface area contributed by atoms with Crippen molar-refractivity contribution in [2.75, 3.05) is 0 Å². The summed E-state index contributed by atoms with van der Waals surface area (Å²) in [6, 6.07) is 48.0. The molecule has 210 valence electrons. The highest BCUT2D eigenvalue weighted by Gasteiger charge is 2.20. The van der Waals surface area contributed by atoms with E-state index in [1.54, 1.807) is 0 Å². The van der Waals surface area contributed by atoms with Crippen molar-refractivity contribution in [2.45, 2.75) is 0 Å². The summed E-state index contributed by atoms with van der Waals surface area (Å²) in [6.45, 7) is 0. The molecule has 0 unspecified atom stereocenters. The first-order valence-corrected chi connectivity index (χ1v) is 15.0. The molecule has 0 radical (unpaired) electrons. The van der Waals surface area contributed by atoms with Gasteiger partial charge >= 0.3 is 0 Å². The Balaban J connectivity index is 1.21. The zero-order valence-corrected chi connectivity index (χ0v) is 23.9. The van der Waals surface area contributed by atoms with Gasteiger partial charge in [-0.1, -0.05) is 78.9 Å². The van der Waals surface area contributed by atoms with Crippen molar-refractivity contribution in [1.29, 1.82) is 0 Å². The molecule has 6 aromatic carbocycles. The van der Waals surface area contributed by atoms with E-state index in [0.717, 1.165) is 72.4 Å². The number of para-hydroxylation sites is 6. The van der Waals surface area contributed by atoms with E-state index in [-0.39, 0.29) is 0 Å². The highest BCUT2D eigenvalue weighted by Crippen LogP contribution is 2.37. The van der Waals surface area contributed by atoms with Gasteiger partial charge in [0, 0.05) is 21.7 Å². The Kier molecular flexibility index (Phi) is 4.90. The minimum Gasteiger partial charge on any atom is -0.436 e. The van der Waals surface area contributed by atoms with Crippen molar-refractivity contribution in [2.24, 2.45) is 0 Å². The van der Waals surface area contributed by atoms with Crippen LogP contribution in [0.1, 0.15) is 0 Å². The third kappa shape index (κ3) is 3.53. The zero-order valence-electron chi connectivity index (χ0n) is 23.9. The van der Waals surface area contributed by atoms with Gasteiger partial charge in [0.05, 0.1) is 27.6 Å². The maximum absolute atomic E-state index is 6.02. The van der Waals surface area contributed by atoms with Gasteiger partial charge in [0.15, 0.2) is 5.58 Å². The second kappa shape index (κ2) is 9.11. The summed E-state index contributed by atoms with van der Waals surface area (Å²) in [6.07, 6.45) is 0. The van der Waals surface area contributed by atoms with Crippen molar-refractivity contribution >= 4 is 60.5 Å². The van der Waals surface area contributed by atoms with Crippen LogP contribution in [-0.2, 0) is 0 Å². The lowest BCUT2D eigenvalue weighted by Gasteiger charge is -2.13. The lowest BCUT2D eigenvalue weighted by atomic mass is 10.0. The van der Waals surface area contributed by atoms with Crippen LogP contribution in [-0.4, -0.2) is 23.9 Å². The number of oxazole rings is 1. The van der Waals surface area contributed by atoms with Crippen LogP contribution in [0.5, 0.6) is 0 Å². The first kappa shape index (κ1) is 24.2. The van der Waals surface area contributed by atoms with E-state index < -0.39 is 0 Å². The van der Waals surface area contributed by atoms with Gasteiger partial charge in [-0.05, 0) is 71.8 Å².